The van der Waals surface area contributed by atoms with Crippen molar-refractivity contribution in [3.8, 4) is 17.2 Å². The lowest BCUT2D eigenvalue weighted by Crippen LogP contribution is -2.45. The summed E-state index contributed by atoms with van der Waals surface area (Å²) in [6.45, 7) is 1.99. The smallest absolute Gasteiger partial charge is 0.338 e. The zero-order valence-corrected chi connectivity index (χ0v) is 16.0. The molecule has 1 atom stereocenters. The third-order valence-electron chi connectivity index (χ3n) is 4.06. The van der Waals surface area contributed by atoms with Crippen LogP contribution in [0.25, 0.3) is 0 Å². The Morgan fingerprint density at radius 2 is 1.63 bits per heavy atom. The summed E-state index contributed by atoms with van der Waals surface area (Å²) < 4.78 is 26.2. The molecular weight excluding hydrogens is 356 g/mol. The number of nitrogens with one attached hydrogen (secondary N) is 2. The van der Waals surface area contributed by atoms with Gasteiger partial charge in [-0.3, -0.25) is 0 Å². The number of amides is 2. The van der Waals surface area contributed by atoms with Gasteiger partial charge in [0.05, 0.1) is 39.6 Å². The van der Waals surface area contributed by atoms with Crippen molar-refractivity contribution < 1.29 is 33.3 Å². The number of carbonyl (C=O) groups is 2. The van der Waals surface area contributed by atoms with Crippen LogP contribution in [0, 0.1) is 0 Å². The van der Waals surface area contributed by atoms with E-state index >= 15 is 0 Å². The quantitative estimate of drug-likeness (QED) is 0.521. The number of methoxy groups -OCH3 is 4. The van der Waals surface area contributed by atoms with E-state index in [1.165, 1.54) is 28.4 Å². The van der Waals surface area contributed by atoms with Gasteiger partial charge in [0, 0.05) is 24.4 Å². The topological polar surface area (TPSA) is 104 Å². The molecule has 0 saturated carbocycles. The first-order chi connectivity index (χ1) is 13.0. The van der Waals surface area contributed by atoms with E-state index in [1.807, 2.05) is 0 Å². The number of carbonyl (C=O) groups excluding carboxylic acids is 2. The van der Waals surface area contributed by atoms with Crippen LogP contribution >= 0.6 is 0 Å². The number of esters is 1. The van der Waals surface area contributed by atoms with Crippen LogP contribution in [0.4, 0.5) is 4.79 Å². The first-order valence-corrected chi connectivity index (χ1v) is 8.21. The Kier molecular flexibility index (Phi) is 6.89. The van der Waals surface area contributed by atoms with E-state index in [0.29, 0.717) is 28.5 Å². The van der Waals surface area contributed by atoms with Crippen LogP contribution in [0.2, 0.25) is 0 Å². The number of allylic oxidation sites excluding steroid dienone is 1. The fraction of sp³-hybridized carbons (Fsp3) is 0.444. The van der Waals surface area contributed by atoms with E-state index in [-0.39, 0.29) is 18.8 Å². The van der Waals surface area contributed by atoms with Crippen LogP contribution in [0.15, 0.2) is 23.4 Å². The summed E-state index contributed by atoms with van der Waals surface area (Å²) in [5.74, 6) is 0.753. The molecule has 1 aliphatic heterocycles. The first-order valence-electron chi connectivity index (χ1n) is 8.21. The van der Waals surface area contributed by atoms with Gasteiger partial charge in [-0.25, -0.2) is 9.59 Å². The van der Waals surface area contributed by atoms with Crippen molar-refractivity contribution in [3.05, 3.63) is 29.0 Å². The molecule has 0 aromatic heterocycles. The maximum absolute atomic E-state index is 12.6. The fourth-order valence-corrected chi connectivity index (χ4v) is 2.77. The van der Waals surface area contributed by atoms with Crippen LogP contribution in [-0.4, -0.2) is 53.7 Å². The van der Waals surface area contributed by atoms with Gasteiger partial charge in [-0.15, -0.1) is 0 Å². The largest absolute Gasteiger partial charge is 0.496 e. The SMILES string of the molecule is COCCOC(=O)C1=C(C)NC(=O)N[C@H]1c1cc(OC)c(OC)cc1OC. The summed E-state index contributed by atoms with van der Waals surface area (Å²) >= 11 is 0. The lowest BCUT2D eigenvalue weighted by Gasteiger charge is -2.29. The van der Waals surface area contributed by atoms with Gasteiger partial charge in [-0.1, -0.05) is 0 Å². The molecule has 0 fully saturated rings. The van der Waals surface area contributed by atoms with Crippen molar-refractivity contribution in [3.63, 3.8) is 0 Å². The monoisotopic (exact) mass is 380 g/mol. The molecule has 0 spiro atoms. The molecule has 9 nitrogen and oxygen atoms in total. The molecule has 1 aliphatic rings. The third kappa shape index (κ3) is 4.43. The fourth-order valence-electron chi connectivity index (χ4n) is 2.77. The molecule has 1 aromatic rings. The summed E-state index contributed by atoms with van der Waals surface area (Å²) in [5.41, 5.74) is 1.18. The zero-order valence-electron chi connectivity index (χ0n) is 16.0. The number of hydrogen-bond donors (Lipinski definition) is 2. The summed E-state index contributed by atoms with van der Waals surface area (Å²) in [6.07, 6.45) is 0. The number of urea groups is 1. The highest BCUT2D eigenvalue weighted by atomic mass is 16.6. The summed E-state index contributed by atoms with van der Waals surface area (Å²) in [7, 11) is 6.00. The van der Waals surface area contributed by atoms with Crippen LogP contribution in [-0.2, 0) is 14.3 Å². The molecule has 0 radical (unpaired) electrons. The Balaban J connectivity index is 2.51. The van der Waals surface area contributed by atoms with Crippen molar-refractivity contribution in [1.82, 2.24) is 10.6 Å². The molecule has 2 rings (SSSR count). The van der Waals surface area contributed by atoms with Crippen molar-refractivity contribution in [2.45, 2.75) is 13.0 Å². The van der Waals surface area contributed by atoms with Gasteiger partial charge in [0.2, 0.25) is 0 Å². The van der Waals surface area contributed by atoms with Gasteiger partial charge in [0.1, 0.15) is 12.4 Å². The van der Waals surface area contributed by atoms with Crippen LogP contribution < -0.4 is 24.8 Å². The van der Waals surface area contributed by atoms with E-state index in [4.69, 9.17) is 23.7 Å². The molecule has 0 saturated heterocycles. The molecule has 0 aliphatic carbocycles. The molecule has 2 N–H and O–H groups in total. The van der Waals surface area contributed by atoms with E-state index in [2.05, 4.69) is 10.6 Å². The predicted octanol–water partition coefficient (Wildman–Crippen LogP) is 1.53. The van der Waals surface area contributed by atoms with Gasteiger partial charge in [0.15, 0.2) is 11.5 Å². The highest BCUT2D eigenvalue weighted by Crippen LogP contribution is 2.40. The normalized spacial score (nSPS) is 16.3. The van der Waals surface area contributed by atoms with Gasteiger partial charge >= 0.3 is 12.0 Å². The molecule has 0 unspecified atom stereocenters. The second-order valence-electron chi connectivity index (χ2n) is 5.65. The standard InChI is InChI=1S/C18H24N2O7/c1-10-15(17(21)27-7-6-23-2)16(20-18(22)19-10)11-8-13(25-4)14(26-5)9-12(11)24-3/h8-9,16H,6-7H2,1-5H3,(H2,19,20,22)/t16-/m0/s1. The molecule has 2 amide bonds. The van der Waals surface area contributed by atoms with Crippen LogP contribution in [0.3, 0.4) is 0 Å². The summed E-state index contributed by atoms with van der Waals surface area (Å²) in [6, 6.07) is 2.06. The molecule has 1 heterocycles. The minimum atomic E-state index is -0.788. The Labute approximate surface area is 157 Å². The average molecular weight is 380 g/mol. The maximum atomic E-state index is 12.6. The Morgan fingerprint density at radius 1 is 1.00 bits per heavy atom. The molecular formula is C18H24N2O7. The minimum absolute atomic E-state index is 0.0931. The van der Waals surface area contributed by atoms with E-state index in [0.717, 1.165) is 0 Å². The number of benzene rings is 1. The number of rotatable bonds is 8. The van der Waals surface area contributed by atoms with Crippen molar-refractivity contribution in [2.75, 3.05) is 41.7 Å². The van der Waals surface area contributed by atoms with E-state index < -0.39 is 18.0 Å². The molecule has 9 heteroatoms. The van der Waals surface area contributed by atoms with Crippen LogP contribution in [0.5, 0.6) is 17.2 Å². The summed E-state index contributed by atoms with van der Waals surface area (Å²) in [4.78, 5) is 24.7. The van der Waals surface area contributed by atoms with Crippen molar-refractivity contribution in [1.29, 1.82) is 0 Å². The van der Waals surface area contributed by atoms with Gasteiger partial charge in [-0.05, 0) is 13.0 Å². The Morgan fingerprint density at radius 3 is 2.22 bits per heavy atom. The van der Waals surface area contributed by atoms with Gasteiger partial charge < -0.3 is 34.3 Å². The minimum Gasteiger partial charge on any atom is -0.496 e. The molecule has 0 bridgehead atoms. The van der Waals surface area contributed by atoms with Crippen molar-refractivity contribution >= 4 is 12.0 Å². The van der Waals surface area contributed by atoms with Gasteiger partial charge in [-0.2, -0.15) is 0 Å². The molecule has 1 aromatic carbocycles. The lowest BCUT2D eigenvalue weighted by molar-refractivity contribution is -0.140. The highest BCUT2D eigenvalue weighted by Gasteiger charge is 2.34. The molecule has 148 valence electrons. The number of hydrogen-bond acceptors (Lipinski definition) is 7. The van der Waals surface area contributed by atoms with Crippen molar-refractivity contribution in [2.24, 2.45) is 0 Å². The van der Waals surface area contributed by atoms with E-state index in [9.17, 15) is 9.59 Å². The maximum Gasteiger partial charge on any atom is 0.338 e. The second kappa shape index (κ2) is 9.13. The number of ether oxygens (including phenoxy) is 5. The highest BCUT2D eigenvalue weighted by molar-refractivity contribution is 5.95. The Bertz CT molecular complexity index is 745. The first kappa shape index (κ1) is 20.4. The summed E-state index contributed by atoms with van der Waals surface area (Å²) in [5, 5.41) is 5.32. The predicted molar refractivity (Wildman–Crippen MR) is 96.0 cm³/mol. The Hall–Kier alpha value is -2.94. The average Bonchev–Trinajstić information content (AvgIpc) is 2.66. The van der Waals surface area contributed by atoms with Gasteiger partial charge in [0.25, 0.3) is 0 Å². The second-order valence-corrected chi connectivity index (χ2v) is 5.65. The molecule has 27 heavy (non-hydrogen) atoms. The van der Waals surface area contributed by atoms with E-state index in [1.54, 1.807) is 19.1 Å². The zero-order chi connectivity index (χ0) is 20.0. The third-order valence-corrected chi connectivity index (χ3v) is 4.06. The van der Waals surface area contributed by atoms with Crippen LogP contribution in [0.1, 0.15) is 18.5 Å². The lowest BCUT2D eigenvalue weighted by atomic mass is 9.94.